The molecule has 24 heavy (non-hydrogen) atoms. The normalized spacial score (nSPS) is 25.0. The number of amides is 1. The maximum Gasteiger partial charge on any atom is 0.320 e. The molecule has 2 heterocycles. The van der Waals surface area contributed by atoms with Crippen molar-refractivity contribution in [3.63, 3.8) is 0 Å². The number of benzene rings is 1. The monoisotopic (exact) mass is 336 g/mol. The molecule has 7 heteroatoms. The fourth-order valence-electron chi connectivity index (χ4n) is 3.32. The minimum atomic E-state index is -0.869. The highest BCUT2D eigenvalue weighted by Gasteiger charge is 2.34. The van der Waals surface area contributed by atoms with Crippen LogP contribution in [0.5, 0.6) is 0 Å². The van der Waals surface area contributed by atoms with Gasteiger partial charge in [-0.15, -0.1) is 0 Å². The van der Waals surface area contributed by atoms with Crippen LogP contribution in [0.25, 0.3) is 0 Å². The number of morpholine rings is 1. The molecular formula is C17H21FN2O4. The minimum absolute atomic E-state index is 0.0847. The number of likely N-dealkylation sites (tertiary alicyclic amines) is 1. The Hall–Kier alpha value is -1.99. The van der Waals surface area contributed by atoms with Crippen molar-refractivity contribution in [2.45, 2.75) is 25.0 Å². The number of carboxylic acids is 1. The Morgan fingerprint density at radius 3 is 2.71 bits per heavy atom. The molecule has 1 aromatic carbocycles. The van der Waals surface area contributed by atoms with E-state index in [1.54, 1.807) is 21.9 Å². The van der Waals surface area contributed by atoms with Crippen LogP contribution in [-0.2, 0) is 14.3 Å². The maximum atomic E-state index is 13.0. The standard InChI is InChI=1S/C17H21FN2O4/c18-13-5-3-12(4-6-13)15-10-20(8-9-24-15)16(21)11-19-7-1-2-14(19)17(22)23/h3-6,14-15H,1-2,7-11H2,(H,22,23)/t14-,15?/m0/s1. The molecule has 1 aromatic rings. The Balaban J connectivity index is 1.61. The van der Waals surface area contributed by atoms with E-state index in [-0.39, 0.29) is 24.4 Å². The van der Waals surface area contributed by atoms with E-state index in [1.165, 1.54) is 12.1 Å². The number of hydrogen-bond acceptors (Lipinski definition) is 4. The van der Waals surface area contributed by atoms with Crippen LogP contribution < -0.4 is 0 Å². The van der Waals surface area contributed by atoms with Crippen LogP contribution in [0.4, 0.5) is 4.39 Å². The van der Waals surface area contributed by atoms with Crippen LogP contribution in [0.2, 0.25) is 0 Å². The zero-order valence-electron chi connectivity index (χ0n) is 13.4. The van der Waals surface area contributed by atoms with Gasteiger partial charge in [0.2, 0.25) is 5.91 Å². The predicted molar refractivity (Wildman–Crippen MR) is 83.9 cm³/mol. The second-order valence-corrected chi connectivity index (χ2v) is 6.22. The molecular weight excluding hydrogens is 315 g/mol. The van der Waals surface area contributed by atoms with Crippen LogP contribution in [0.1, 0.15) is 24.5 Å². The molecule has 0 saturated carbocycles. The summed E-state index contributed by atoms with van der Waals surface area (Å²) in [5.74, 6) is -1.26. The quantitative estimate of drug-likeness (QED) is 0.897. The topological polar surface area (TPSA) is 70.1 Å². The van der Waals surface area contributed by atoms with Crippen LogP contribution >= 0.6 is 0 Å². The molecule has 0 radical (unpaired) electrons. The molecule has 2 fully saturated rings. The summed E-state index contributed by atoms with van der Waals surface area (Å²) in [5, 5.41) is 9.20. The summed E-state index contributed by atoms with van der Waals surface area (Å²) in [7, 11) is 0. The molecule has 0 aliphatic carbocycles. The summed E-state index contributed by atoms with van der Waals surface area (Å²) in [6.45, 7) is 2.05. The summed E-state index contributed by atoms with van der Waals surface area (Å²) in [5.41, 5.74) is 0.832. The van der Waals surface area contributed by atoms with Gasteiger partial charge in [-0.3, -0.25) is 14.5 Å². The van der Waals surface area contributed by atoms with E-state index in [0.29, 0.717) is 32.7 Å². The van der Waals surface area contributed by atoms with Gasteiger partial charge in [0.1, 0.15) is 18.0 Å². The molecule has 2 aliphatic rings. The van der Waals surface area contributed by atoms with E-state index in [0.717, 1.165) is 12.0 Å². The van der Waals surface area contributed by atoms with Crippen molar-refractivity contribution in [3.8, 4) is 0 Å². The fourth-order valence-corrected chi connectivity index (χ4v) is 3.32. The minimum Gasteiger partial charge on any atom is -0.480 e. The molecule has 2 aliphatic heterocycles. The summed E-state index contributed by atoms with van der Waals surface area (Å²) in [6.07, 6.45) is 1.10. The molecule has 0 aromatic heterocycles. The Bertz CT molecular complexity index is 607. The van der Waals surface area contributed by atoms with Gasteiger partial charge < -0.3 is 14.7 Å². The Morgan fingerprint density at radius 2 is 2.00 bits per heavy atom. The zero-order valence-corrected chi connectivity index (χ0v) is 13.4. The van der Waals surface area contributed by atoms with Gasteiger partial charge in [0.25, 0.3) is 0 Å². The number of hydrogen-bond donors (Lipinski definition) is 1. The largest absolute Gasteiger partial charge is 0.480 e. The van der Waals surface area contributed by atoms with Gasteiger partial charge in [-0.2, -0.15) is 0 Å². The third-order valence-corrected chi connectivity index (χ3v) is 4.65. The molecule has 3 rings (SSSR count). The van der Waals surface area contributed by atoms with Gasteiger partial charge in [0, 0.05) is 6.54 Å². The highest BCUT2D eigenvalue weighted by atomic mass is 19.1. The average Bonchev–Trinajstić information content (AvgIpc) is 3.04. The number of aliphatic carboxylic acids is 1. The van der Waals surface area contributed by atoms with Crippen LogP contribution in [0.3, 0.4) is 0 Å². The zero-order chi connectivity index (χ0) is 17.1. The summed E-state index contributed by atoms with van der Waals surface area (Å²) in [4.78, 5) is 27.2. The number of carboxylic acid groups (broad SMARTS) is 1. The van der Waals surface area contributed by atoms with Gasteiger partial charge >= 0.3 is 5.97 Å². The first-order valence-electron chi connectivity index (χ1n) is 8.16. The van der Waals surface area contributed by atoms with Crippen LogP contribution in [0, 0.1) is 5.82 Å². The molecule has 1 N–H and O–H groups in total. The smallest absolute Gasteiger partial charge is 0.320 e. The lowest BCUT2D eigenvalue weighted by molar-refractivity contribution is -0.145. The number of ether oxygens (including phenoxy) is 1. The number of nitrogens with zero attached hydrogens (tertiary/aromatic N) is 2. The SMILES string of the molecule is O=C(O)[C@@H]1CCCN1CC(=O)N1CCOC(c2ccc(F)cc2)C1. The fraction of sp³-hybridized carbons (Fsp3) is 0.529. The lowest BCUT2D eigenvalue weighted by Crippen LogP contribution is -2.48. The first kappa shape index (κ1) is 16.9. The van der Waals surface area contributed by atoms with Crippen molar-refractivity contribution in [2.24, 2.45) is 0 Å². The molecule has 0 bridgehead atoms. The van der Waals surface area contributed by atoms with Crippen molar-refractivity contribution >= 4 is 11.9 Å². The molecule has 1 amide bonds. The van der Waals surface area contributed by atoms with Gasteiger partial charge in [-0.25, -0.2) is 4.39 Å². The van der Waals surface area contributed by atoms with Gasteiger partial charge in [0.15, 0.2) is 0 Å². The summed E-state index contributed by atoms with van der Waals surface area (Å²) >= 11 is 0. The van der Waals surface area contributed by atoms with Crippen LogP contribution in [0.15, 0.2) is 24.3 Å². The second kappa shape index (κ2) is 7.27. The Labute approximate surface area is 139 Å². The van der Waals surface area contributed by atoms with E-state index in [1.807, 2.05) is 0 Å². The van der Waals surface area contributed by atoms with Crippen molar-refractivity contribution in [3.05, 3.63) is 35.6 Å². The van der Waals surface area contributed by atoms with E-state index in [4.69, 9.17) is 4.74 Å². The summed E-state index contributed by atoms with van der Waals surface area (Å²) in [6, 6.07) is 5.51. The molecule has 2 atom stereocenters. The van der Waals surface area contributed by atoms with Crippen LogP contribution in [-0.4, -0.2) is 65.6 Å². The average molecular weight is 336 g/mol. The van der Waals surface area contributed by atoms with Gasteiger partial charge in [-0.1, -0.05) is 12.1 Å². The second-order valence-electron chi connectivity index (χ2n) is 6.22. The highest BCUT2D eigenvalue weighted by molar-refractivity contribution is 5.80. The molecule has 130 valence electrons. The first-order valence-corrected chi connectivity index (χ1v) is 8.16. The van der Waals surface area contributed by atoms with Crippen molar-refractivity contribution in [2.75, 3.05) is 32.8 Å². The van der Waals surface area contributed by atoms with E-state index in [9.17, 15) is 19.1 Å². The first-order chi connectivity index (χ1) is 11.5. The number of halogens is 1. The van der Waals surface area contributed by atoms with E-state index >= 15 is 0 Å². The highest BCUT2D eigenvalue weighted by Crippen LogP contribution is 2.23. The number of rotatable bonds is 4. The number of carbonyl (C=O) groups excluding carboxylic acids is 1. The lowest BCUT2D eigenvalue weighted by Gasteiger charge is -2.34. The van der Waals surface area contributed by atoms with Crippen molar-refractivity contribution in [1.29, 1.82) is 0 Å². The van der Waals surface area contributed by atoms with Gasteiger partial charge in [0.05, 0.1) is 19.7 Å². The van der Waals surface area contributed by atoms with E-state index in [2.05, 4.69) is 0 Å². The third kappa shape index (κ3) is 3.73. The van der Waals surface area contributed by atoms with Crippen molar-refractivity contribution in [1.82, 2.24) is 9.80 Å². The molecule has 2 saturated heterocycles. The Kier molecular flexibility index (Phi) is 5.11. The molecule has 1 unspecified atom stereocenters. The Morgan fingerprint density at radius 1 is 1.25 bits per heavy atom. The molecule has 6 nitrogen and oxygen atoms in total. The third-order valence-electron chi connectivity index (χ3n) is 4.65. The molecule has 0 spiro atoms. The number of carbonyl (C=O) groups is 2. The van der Waals surface area contributed by atoms with E-state index < -0.39 is 12.0 Å². The maximum absolute atomic E-state index is 13.0. The van der Waals surface area contributed by atoms with Crippen molar-refractivity contribution < 1.29 is 23.8 Å². The van der Waals surface area contributed by atoms with Gasteiger partial charge in [-0.05, 0) is 37.1 Å². The predicted octanol–water partition coefficient (Wildman–Crippen LogP) is 1.27. The summed E-state index contributed by atoms with van der Waals surface area (Å²) < 4.78 is 18.7. The lowest BCUT2D eigenvalue weighted by atomic mass is 10.1.